The fraction of sp³-hybridized carbons (Fsp3) is 0.448. The summed E-state index contributed by atoms with van der Waals surface area (Å²) in [7, 11) is 1.88. The lowest BCUT2D eigenvalue weighted by Crippen LogP contribution is -2.64. The van der Waals surface area contributed by atoms with Crippen molar-refractivity contribution in [2.24, 2.45) is 13.0 Å². The van der Waals surface area contributed by atoms with Crippen molar-refractivity contribution in [2.75, 3.05) is 29.4 Å². The number of halogens is 3. The first kappa shape index (κ1) is 26.7. The smallest absolute Gasteiger partial charge is 0.281 e. The number of carbonyl (C=O) groups is 2. The average molecular weight is 569 g/mol. The summed E-state index contributed by atoms with van der Waals surface area (Å²) in [5.41, 5.74) is 2.94. The third-order valence-electron chi connectivity index (χ3n) is 8.55. The molecule has 11 heteroatoms. The van der Waals surface area contributed by atoms with Crippen molar-refractivity contribution in [3.8, 4) is 0 Å². The molecule has 2 amide bonds. The van der Waals surface area contributed by atoms with Crippen LogP contribution in [0.15, 0.2) is 42.9 Å². The van der Waals surface area contributed by atoms with E-state index in [2.05, 4.69) is 45.4 Å². The molecule has 1 spiro atoms. The van der Waals surface area contributed by atoms with E-state index in [1.54, 1.807) is 4.68 Å². The highest BCUT2D eigenvalue weighted by Crippen LogP contribution is 2.49. The molecule has 0 unspecified atom stereocenters. The predicted molar refractivity (Wildman–Crippen MR) is 148 cm³/mol. The molecule has 4 heterocycles. The molecule has 2 fully saturated rings. The first-order chi connectivity index (χ1) is 19.1. The maximum Gasteiger partial charge on any atom is 0.281 e. The molecule has 40 heavy (non-hydrogen) atoms. The molecule has 8 nitrogen and oxygen atoms in total. The Labute approximate surface area is 236 Å². The number of benzene rings is 1. The quantitative estimate of drug-likeness (QED) is 0.461. The molecule has 1 saturated carbocycles. The van der Waals surface area contributed by atoms with E-state index in [0.29, 0.717) is 32.5 Å². The van der Waals surface area contributed by atoms with Crippen molar-refractivity contribution in [3.63, 3.8) is 0 Å². The van der Waals surface area contributed by atoms with Crippen LogP contribution in [0.5, 0.6) is 0 Å². The van der Waals surface area contributed by atoms with Crippen LogP contribution in [0.3, 0.4) is 0 Å². The second-order valence-corrected chi connectivity index (χ2v) is 11.8. The Kier molecular flexibility index (Phi) is 6.76. The molecule has 1 aliphatic carbocycles. The van der Waals surface area contributed by atoms with Crippen molar-refractivity contribution in [1.82, 2.24) is 20.1 Å². The third kappa shape index (κ3) is 4.62. The monoisotopic (exact) mass is 568 g/mol. The zero-order chi connectivity index (χ0) is 28.2. The minimum absolute atomic E-state index is 0.136. The number of alkyl halides is 2. The fourth-order valence-electron chi connectivity index (χ4n) is 6.41. The van der Waals surface area contributed by atoms with Crippen LogP contribution in [0.4, 0.5) is 20.2 Å². The first-order valence-corrected chi connectivity index (χ1v) is 13.9. The number of nitrogens with one attached hydrogen (secondary N) is 1. The van der Waals surface area contributed by atoms with Crippen LogP contribution in [-0.4, -0.2) is 52.3 Å². The van der Waals surface area contributed by atoms with Gasteiger partial charge in [-0.3, -0.25) is 19.3 Å². The number of hydrogen-bond donors (Lipinski definition) is 1. The SMILES string of the molecule is Cc1ccc2c(c1)C1(CN(c3cnn(C)c3)C1)C(=O)N2CC1CCC(NC(=O)c2cc(Cl)cnc2C(F)F)CC1. The molecule has 1 aromatic carbocycles. The van der Waals surface area contributed by atoms with Gasteiger partial charge in [0.2, 0.25) is 5.91 Å². The Morgan fingerprint density at radius 3 is 2.60 bits per heavy atom. The zero-order valence-electron chi connectivity index (χ0n) is 22.4. The van der Waals surface area contributed by atoms with E-state index in [-0.39, 0.29) is 28.5 Å². The van der Waals surface area contributed by atoms with Gasteiger partial charge in [0.1, 0.15) is 11.1 Å². The summed E-state index contributed by atoms with van der Waals surface area (Å²) in [5.74, 6) is -0.158. The number of aromatic nitrogens is 3. The second kappa shape index (κ2) is 10.1. The Morgan fingerprint density at radius 2 is 1.93 bits per heavy atom. The summed E-state index contributed by atoms with van der Waals surface area (Å²) >= 11 is 5.91. The van der Waals surface area contributed by atoms with Crippen molar-refractivity contribution >= 4 is 34.8 Å². The Balaban J connectivity index is 1.11. The summed E-state index contributed by atoms with van der Waals surface area (Å²) < 4.78 is 28.5. The molecular formula is C29H31ClF2N6O2. The van der Waals surface area contributed by atoms with E-state index < -0.39 is 23.4 Å². The topological polar surface area (TPSA) is 83.4 Å². The van der Waals surface area contributed by atoms with E-state index in [0.717, 1.165) is 41.5 Å². The number of hydrogen-bond acceptors (Lipinski definition) is 5. The van der Waals surface area contributed by atoms with Crippen LogP contribution in [0, 0.1) is 12.8 Å². The molecular weight excluding hydrogens is 538 g/mol. The summed E-state index contributed by atoms with van der Waals surface area (Å²) in [5, 5.41) is 7.30. The number of anilines is 2. The Hall–Kier alpha value is -3.53. The van der Waals surface area contributed by atoms with Gasteiger partial charge in [0.15, 0.2) is 0 Å². The van der Waals surface area contributed by atoms with Crippen molar-refractivity contribution in [3.05, 3.63) is 70.3 Å². The largest absolute Gasteiger partial charge is 0.366 e. The normalized spacial score (nSPS) is 21.6. The molecule has 0 bridgehead atoms. The van der Waals surface area contributed by atoms with Crippen molar-refractivity contribution in [2.45, 2.75) is 50.5 Å². The summed E-state index contributed by atoms with van der Waals surface area (Å²) in [6, 6.07) is 7.37. The second-order valence-electron chi connectivity index (χ2n) is 11.3. The first-order valence-electron chi connectivity index (χ1n) is 13.6. The minimum Gasteiger partial charge on any atom is -0.366 e. The zero-order valence-corrected chi connectivity index (χ0v) is 23.2. The molecule has 210 valence electrons. The van der Waals surface area contributed by atoms with E-state index in [1.165, 1.54) is 6.07 Å². The number of amides is 2. The lowest BCUT2D eigenvalue weighted by molar-refractivity contribution is -0.124. The van der Waals surface area contributed by atoms with Crippen LogP contribution in [0.1, 0.15) is 59.3 Å². The van der Waals surface area contributed by atoms with Crippen LogP contribution >= 0.6 is 11.6 Å². The molecule has 2 aromatic heterocycles. The number of nitrogens with zero attached hydrogens (tertiary/aromatic N) is 5. The van der Waals surface area contributed by atoms with Gasteiger partial charge in [-0.25, -0.2) is 8.78 Å². The van der Waals surface area contributed by atoms with Gasteiger partial charge in [-0.05, 0) is 56.2 Å². The number of fused-ring (bicyclic) bond motifs is 2. The molecule has 6 rings (SSSR count). The maximum atomic E-state index is 14.0. The molecule has 3 aromatic rings. The minimum atomic E-state index is -2.87. The maximum absolute atomic E-state index is 14.0. The van der Waals surface area contributed by atoms with Crippen molar-refractivity contribution < 1.29 is 18.4 Å². The molecule has 3 aliphatic rings. The van der Waals surface area contributed by atoms with Gasteiger partial charge < -0.3 is 15.1 Å². The number of pyridine rings is 1. The molecule has 1 saturated heterocycles. The highest BCUT2D eigenvalue weighted by Gasteiger charge is 2.58. The van der Waals surface area contributed by atoms with E-state index in [4.69, 9.17) is 11.6 Å². The van der Waals surface area contributed by atoms with Crippen LogP contribution in [0.2, 0.25) is 5.02 Å². The van der Waals surface area contributed by atoms with E-state index >= 15 is 0 Å². The van der Waals surface area contributed by atoms with Crippen molar-refractivity contribution in [1.29, 1.82) is 0 Å². The van der Waals surface area contributed by atoms with Gasteiger partial charge >= 0.3 is 0 Å². The van der Waals surface area contributed by atoms with Gasteiger partial charge in [-0.15, -0.1) is 0 Å². The Bertz CT molecular complexity index is 1460. The van der Waals surface area contributed by atoms with E-state index in [9.17, 15) is 18.4 Å². The predicted octanol–water partition coefficient (Wildman–Crippen LogP) is 4.81. The van der Waals surface area contributed by atoms with Gasteiger partial charge in [0.05, 0.1) is 22.5 Å². The average Bonchev–Trinajstić information content (AvgIpc) is 3.42. The van der Waals surface area contributed by atoms with Crippen LogP contribution < -0.4 is 15.1 Å². The van der Waals surface area contributed by atoms with Crippen LogP contribution in [0.25, 0.3) is 0 Å². The lowest BCUT2D eigenvalue weighted by atomic mass is 9.74. The molecule has 1 N–H and O–H groups in total. The molecule has 0 radical (unpaired) electrons. The lowest BCUT2D eigenvalue weighted by Gasteiger charge is -2.47. The molecule has 2 aliphatic heterocycles. The highest BCUT2D eigenvalue weighted by molar-refractivity contribution is 6.30. The standard InChI is InChI=1S/C29H31ClF2N6O2/c1-17-3-8-24-23(9-17)29(15-37(16-29)21-12-34-36(2)14-21)28(40)38(24)13-18-4-6-20(7-5-18)35-27(39)22-10-19(30)11-33-25(22)26(31)32/h3,8-12,14,18,20,26H,4-7,13,15-16H2,1-2H3,(H,35,39). The third-order valence-corrected chi connectivity index (χ3v) is 8.76. The van der Waals surface area contributed by atoms with Gasteiger partial charge in [-0.1, -0.05) is 29.3 Å². The molecule has 0 atom stereocenters. The van der Waals surface area contributed by atoms with Crippen LogP contribution in [-0.2, 0) is 17.3 Å². The summed E-state index contributed by atoms with van der Waals surface area (Å²) in [6.07, 6.45) is 5.10. The van der Waals surface area contributed by atoms with Gasteiger partial charge in [0.25, 0.3) is 12.3 Å². The van der Waals surface area contributed by atoms with Gasteiger partial charge in [-0.2, -0.15) is 5.10 Å². The number of carbonyl (C=O) groups excluding carboxylic acids is 2. The van der Waals surface area contributed by atoms with E-state index in [1.807, 2.05) is 24.3 Å². The summed E-state index contributed by atoms with van der Waals surface area (Å²) in [4.78, 5) is 34.6. The van der Waals surface area contributed by atoms with Gasteiger partial charge in [0, 0.05) is 50.8 Å². The number of aryl methyl sites for hydroxylation is 2. The fourth-order valence-corrected chi connectivity index (χ4v) is 6.57. The number of rotatable bonds is 6. The highest BCUT2D eigenvalue weighted by atomic mass is 35.5. The Morgan fingerprint density at radius 1 is 1.18 bits per heavy atom. The summed E-state index contributed by atoms with van der Waals surface area (Å²) in [6.45, 7) is 3.93.